The first kappa shape index (κ1) is 25.9. The first-order valence-electron chi connectivity index (χ1n) is 11.4. The molecule has 160 valence electrons. The van der Waals surface area contributed by atoms with E-state index in [1.165, 1.54) is 57.8 Å². The maximum atomic E-state index is 11.7. The molecule has 0 heterocycles. The van der Waals surface area contributed by atoms with Crippen molar-refractivity contribution in [3.63, 3.8) is 0 Å². The second-order valence-electron chi connectivity index (χ2n) is 7.70. The average molecular weight is 385 g/mol. The van der Waals surface area contributed by atoms with E-state index >= 15 is 0 Å². The van der Waals surface area contributed by atoms with Gasteiger partial charge in [-0.1, -0.05) is 90.9 Å². The minimum absolute atomic E-state index is 0.0650. The van der Waals surface area contributed by atoms with Crippen molar-refractivity contribution in [2.75, 3.05) is 6.61 Å². The van der Waals surface area contributed by atoms with Crippen LogP contribution >= 0.6 is 0 Å². The van der Waals surface area contributed by atoms with E-state index in [0.717, 1.165) is 32.1 Å². The molecule has 0 aliphatic heterocycles. The summed E-state index contributed by atoms with van der Waals surface area (Å²) in [5.41, 5.74) is 0. The summed E-state index contributed by atoms with van der Waals surface area (Å²) in [6.07, 6.45) is 17.2. The van der Waals surface area contributed by atoms with E-state index in [2.05, 4.69) is 13.8 Å². The molecule has 0 radical (unpaired) electrons. The molecule has 4 nitrogen and oxygen atoms in total. The topological polar surface area (TPSA) is 52.6 Å². The second-order valence-corrected chi connectivity index (χ2v) is 7.70. The highest BCUT2D eigenvalue weighted by molar-refractivity contribution is 5.77. The van der Waals surface area contributed by atoms with Crippen molar-refractivity contribution in [1.82, 2.24) is 0 Å². The number of unbranched alkanes of at least 4 members (excludes halogenated alkanes) is 11. The number of hydrogen-bond acceptors (Lipinski definition) is 4. The lowest BCUT2D eigenvalue weighted by atomic mass is 10.1. The molecule has 0 N–H and O–H groups in total. The van der Waals surface area contributed by atoms with Crippen LogP contribution in [0.3, 0.4) is 0 Å². The zero-order chi connectivity index (χ0) is 20.2. The van der Waals surface area contributed by atoms with Gasteiger partial charge in [0.25, 0.3) is 0 Å². The molecule has 0 aromatic carbocycles. The summed E-state index contributed by atoms with van der Waals surface area (Å²) in [4.78, 5) is 23.3. The minimum atomic E-state index is -0.301. The van der Waals surface area contributed by atoms with Crippen LogP contribution < -0.4 is 0 Å². The molecule has 0 bridgehead atoms. The summed E-state index contributed by atoms with van der Waals surface area (Å²) >= 11 is 0. The van der Waals surface area contributed by atoms with Crippen LogP contribution in [0.4, 0.5) is 0 Å². The Kier molecular flexibility index (Phi) is 18.9. The Morgan fingerprint density at radius 2 is 1.15 bits per heavy atom. The third-order valence-corrected chi connectivity index (χ3v) is 4.84. The first-order valence-corrected chi connectivity index (χ1v) is 11.4. The molecule has 0 fully saturated rings. The summed E-state index contributed by atoms with van der Waals surface area (Å²) in [5.74, 6) is -0.592. The van der Waals surface area contributed by atoms with Gasteiger partial charge in [-0.15, -0.1) is 0 Å². The van der Waals surface area contributed by atoms with Gasteiger partial charge in [-0.3, -0.25) is 9.59 Å². The average Bonchev–Trinajstić information content (AvgIpc) is 2.65. The summed E-state index contributed by atoms with van der Waals surface area (Å²) < 4.78 is 10.5. The Labute approximate surface area is 167 Å². The predicted molar refractivity (Wildman–Crippen MR) is 112 cm³/mol. The van der Waals surface area contributed by atoms with Crippen molar-refractivity contribution in [1.29, 1.82) is 0 Å². The Balaban J connectivity index is 3.37. The first-order chi connectivity index (χ1) is 13.1. The van der Waals surface area contributed by atoms with Gasteiger partial charge in [-0.25, -0.2) is 0 Å². The normalized spacial score (nSPS) is 12.0. The molecule has 1 unspecified atom stereocenters. The second kappa shape index (κ2) is 19.7. The van der Waals surface area contributed by atoms with Crippen molar-refractivity contribution in [2.24, 2.45) is 0 Å². The maximum Gasteiger partial charge on any atom is 0.306 e. The van der Waals surface area contributed by atoms with E-state index in [9.17, 15) is 9.59 Å². The molecule has 27 heavy (non-hydrogen) atoms. The zero-order valence-corrected chi connectivity index (χ0v) is 18.2. The van der Waals surface area contributed by atoms with Gasteiger partial charge in [-0.2, -0.15) is 0 Å². The Morgan fingerprint density at radius 3 is 1.70 bits per heavy atom. The molecule has 0 saturated heterocycles. The minimum Gasteiger partial charge on any atom is -0.466 e. The fourth-order valence-corrected chi connectivity index (χ4v) is 3.06. The van der Waals surface area contributed by atoms with E-state index in [0.29, 0.717) is 6.61 Å². The molecule has 0 saturated carbocycles. The molecular formula is C23H44O4. The molecule has 0 amide bonds. The molecule has 0 rings (SSSR count). The largest absolute Gasteiger partial charge is 0.466 e. The van der Waals surface area contributed by atoms with Gasteiger partial charge in [0.1, 0.15) is 0 Å². The third-order valence-electron chi connectivity index (χ3n) is 4.84. The van der Waals surface area contributed by atoms with Crippen LogP contribution in [0.1, 0.15) is 124 Å². The number of carbonyl (C=O) groups excluding carboxylic acids is 2. The van der Waals surface area contributed by atoms with Crippen LogP contribution in [0.5, 0.6) is 0 Å². The molecule has 0 aromatic rings. The van der Waals surface area contributed by atoms with Gasteiger partial charge in [0.05, 0.1) is 25.6 Å². The van der Waals surface area contributed by atoms with Crippen molar-refractivity contribution in [3.05, 3.63) is 0 Å². The lowest BCUT2D eigenvalue weighted by Crippen LogP contribution is -2.16. The molecule has 4 heteroatoms. The fourth-order valence-electron chi connectivity index (χ4n) is 3.06. The lowest BCUT2D eigenvalue weighted by Gasteiger charge is -2.12. The van der Waals surface area contributed by atoms with Crippen molar-refractivity contribution in [2.45, 2.75) is 130 Å². The standard InChI is InChI=1S/C23H44O4/c1-4-6-8-9-10-11-12-13-14-15-16-20-26-22(24)18-19-23(25)27-21(3)17-7-5-2/h21H,4-20H2,1-3H3. The zero-order valence-electron chi connectivity index (χ0n) is 18.2. The van der Waals surface area contributed by atoms with Crippen molar-refractivity contribution < 1.29 is 19.1 Å². The number of rotatable bonds is 19. The van der Waals surface area contributed by atoms with E-state index < -0.39 is 0 Å². The van der Waals surface area contributed by atoms with Gasteiger partial charge in [-0.05, 0) is 19.8 Å². The summed E-state index contributed by atoms with van der Waals surface area (Å²) in [6.45, 7) is 6.73. The van der Waals surface area contributed by atoms with Gasteiger partial charge < -0.3 is 9.47 Å². The van der Waals surface area contributed by atoms with E-state index in [-0.39, 0.29) is 30.9 Å². The van der Waals surface area contributed by atoms with E-state index in [4.69, 9.17) is 9.47 Å². The van der Waals surface area contributed by atoms with Crippen molar-refractivity contribution in [3.8, 4) is 0 Å². The van der Waals surface area contributed by atoms with Crippen LogP contribution in [0.15, 0.2) is 0 Å². The van der Waals surface area contributed by atoms with Gasteiger partial charge in [0.15, 0.2) is 0 Å². The molecule has 1 atom stereocenters. The van der Waals surface area contributed by atoms with Crippen LogP contribution in [-0.2, 0) is 19.1 Å². The highest BCUT2D eigenvalue weighted by Crippen LogP contribution is 2.11. The Hall–Kier alpha value is -1.06. The van der Waals surface area contributed by atoms with Crippen LogP contribution in [0.2, 0.25) is 0 Å². The Bertz CT molecular complexity index is 354. The summed E-state index contributed by atoms with van der Waals surface area (Å²) in [7, 11) is 0. The summed E-state index contributed by atoms with van der Waals surface area (Å²) in [6, 6.07) is 0. The van der Waals surface area contributed by atoms with Crippen LogP contribution in [0, 0.1) is 0 Å². The molecule has 0 aliphatic rings. The lowest BCUT2D eigenvalue weighted by molar-refractivity contribution is -0.153. The number of hydrogen-bond donors (Lipinski definition) is 0. The fraction of sp³-hybridized carbons (Fsp3) is 0.913. The number of carbonyl (C=O) groups is 2. The van der Waals surface area contributed by atoms with E-state index in [1.807, 2.05) is 6.92 Å². The SMILES string of the molecule is CCCCCCCCCCCCCOC(=O)CCC(=O)OC(C)CCCC. The number of ether oxygens (including phenoxy) is 2. The van der Waals surface area contributed by atoms with Crippen molar-refractivity contribution >= 4 is 11.9 Å². The quantitative estimate of drug-likeness (QED) is 0.183. The van der Waals surface area contributed by atoms with E-state index in [1.54, 1.807) is 0 Å². The monoisotopic (exact) mass is 384 g/mol. The third kappa shape index (κ3) is 19.5. The molecule has 0 aromatic heterocycles. The van der Waals surface area contributed by atoms with Gasteiger partial charge in [0, 0.05) is 0 Å². The maximum absolute atomic E-state index is 11.7. The van der Waals surface area contributed by atoms with Crippen LogP contribution in [0.25, 0.3) is 0 Å². The van der Waals surface area contributed by atoms with Gasteiger partial charge >= 0.3 is 11.9 Å². The number of esters is 2. The van der Waals surface area contributed by atoms with Crippen LogP contribution in [-0.4, -0.2) is 24.6 Å². The highest BCUT2D eigenvalue weighted by Gasteiger charge is 2.12. The highest BCUT2D eigenvalue weighted by atomic mass is 16.5. The predicted octanol–water partition coefficient (Wildman–Crippen LogP) is 6.74. The summed E-state index contributed by atoms with van der Waals surface area (Å²) in [5, 5.41) is 0. The molecule has 0 aliphatic carbocycles. The Morgan fingerprint density at radius 1 is 0.667 bits per heavy atom. The smallest absolute Gasteiger partial charge is 0.306 e. The van der Waals surface area contributed by atoms with Gasteiger partial charge in [0.2, 0.25) is 0 Å². The molecule has 0 spiro atoms. The molecular weight excluding hydrogens is 340 g/mol.